The third kappa shape index (κ3) is 3.59. The van der Waals surface area contributed by atoms with E-state index in [2.05, 4.69) is 31.9 Å². The van der Waals surface area contributed by atoms with Crippen LogP contribution in [0.5, 0.6) is 0 Å². The van der Waals surface area contributed by atoms with Crippen molar-refractivity contribution in [2.75, 3.05) is 18.9 Å². The molecule has 0 aromatic heterocycles. The average molecular weight is 349 g/mol. The van der Waals surface area contributed by atoms with Gasteiger partial charge in [0.15, 0.2) is 0 Å². The van der Waals surface area contributed by atoms with Crippen molar-refractivity contribution in [1.82, 2.24) is 4.90 Å². The molecule has 0 aliphatic rings. The number of hydrogen-bond donors (Lipinski definition) is 0. The summed E-state index contributed by atoms with van der Waals surface area (Å²) in [5.74, 6) is 0.0662. The van der Waals surface area contributed by atoms with Crippen LogP contribution in [0.1, 0.15) is 22.3 Å². The SMILES string of the molecule is Cc1ccc(Br)c(C(=O)N(C)CCCBr)c1. The number of aryl methyl sites for hydroxylation is 1. The maximum absolute atomic E-state index is 12.1. The Hall–Kier alpha value is -0.350. The highest BCUT2D eigenvalue weighted by Crippen LogP contribution is 2.19. The van der Waals surface area contributed by atoms with Gasteiger partial charge in [-0.15, -0.1) is 0 Å². The molecular formula is C12H15Br2NO. The van der Waals surface area contributed by atoms with Crippen molar-refractivity contribution in [2.24, 2.45) is 0 Å². The van der Waals surface area contributed by atoms with Crippen LogP contribution in [0.25, 0.3) is 0 Å². The number of carbonyl (C=O) groups excluding carboxylic acids is 1. The van der Waals surface area contributed by atoms with E-state index < -0.39 is 0 Å². The van der Waals surface area contributed by atoms with Crippen molar-refractivity contribution in [3.63, 3.8) is 0 Å². The average Bonchev–Trinajstić information content (AvgIpc) is 2.28. The molecule has 4 heteroatoms. The number of rotatable bonds is 4. The fourth-order valence-corrected chi connectivity index (χ4v) is 2.07. The predicted molar refractivity (Wildman–Crippen MR) is 74.3 cm³/mol. The van der Waals surface area contributed by atoms with E-state index in [0.717, 1.165) is 33.9 Å². The van der Waals surface area contributed by atoms with Gasteiger partial charge in [-0.2, -0.15) is 0 Å². The molecule has 16 heavy (non-hydrogen) atoms. The van der Waals surface area contributed by atoms with Crippen molar-refractivity contribution in [1.29, 1.82) is 0 Å². The van der Waals surface area contributed by atoms with Crippen molar-refractivity contribution in [2.45, 2.75) is 13.3 Å². The number of halogens is 2. The van der Waals surface area contributed by atoms with Gasteiger partial charge in [-0.05, 0) is 41.4 Å². The van der Waals surface area contributed by atoms with Crippen molar-refractivity contribution in [3.8, 4) is 0 Å². The highest BCUT2D eigenvalue weighted by atomic mass is 79.9. The zero-order valence-corrected chi connectivity index (χ0v) is 12.6. The molecule has 1 aromatic rings. The quantitative estimate of drug-likeness (QED) is 0.761. The lowest BCUT2D eigenvalue weighted by Crippen LogP contribution is -2.28. The van der Waals surface area contributed by atoms with E-state index >= 15 is 0 Å². The molecule has 0 aliphatic heterocycles. The molecule has 0 saturated heterocycles. The van der Waals surface area contributed by atoms with Crippen molar-refractivity contribution < 1.29 is 4.79 Å². The first-order chi connectivity index (χ1) is 7.56. The summed E-state index contributed by atoms with van der Waals surface area (Å²) in [4.78, 5) is 13.9. The maximum Gasteiger partial charge on any atom is 0.254 e. The lowest BCUT2D eigenvalue weighted by atomic mass is 10.1. The Morgan fingerprint density at radius 3 is 2.75 bits per heavy atom. The summed E-state index contributed by atoms with van der Waals surface area (Å²) in [6, 6.07) is 5.82. The number of alkyl halides is 1. The van der Waals surface area contributed by atoms with Crippen LogP contribution in [-0.4, -0.2) is 29.7 Å². The highest BCUT2D eigenvalue weighted by Gasteiger charge is 2.14. The molecule has 0 atom stereocenters. The largest absolute Gasteiger partial charge is 0.342 e. The monoisotopic (exact) mass is 347 g/mol. The molecule has 2 nitrogen and oxygen atoms in total. The molecule has 0 spiro atoms. The van der Waals surface area contributed by atoms with Gasteiger partial charge in [-0.3, -0.25) is 4.79 Å². The van der Waals surface area contributed by atoms with Crippen LogP contribution in [-0.2, 0) is 0 Å². The van der Waals surface area contributed by atoms with Gasteiger partial charge in [0, 0.05) is 23.4 Å². The Morgan fingerprint density at radius 1 is 1.44 bits per heavy atom. The molecular weight excluding hydrogens is 334 g/mol. The van der Waals surface area contributed by atoms with E-state index in [0.29, 0.717) is 0 Å². The molecule has 1 amide bonds. The third-order valence-electron chi connectivity index (χ3n) is 2.33. The standard InChI is InChI=1S/C12H15Br2NO/c1-9-4-5-11(14)10(8-9)12(16)15(2)7-3-6-13/h4-5,8H,3,6-7H2,1-2H3. The van der Waals surface area contributed by atoms with Crippen LogP contribution in [0.15, 0.2) is 22.7 Å². The van der Waals surface area contributed by atoms with Crippen molar-refractivity contribution in [3.05, 3.63) is 33.8 Å². The molecule has 0 saturated carbocycles. The van der Waals surface area contributed by atoms with E-state index in [1.807, 2.05) is 32.2 Å². The Balaban J connectivity index is 2.83. The summed E-state index contributed by atoms with van der Waals surface area (Å²) in [5, 5.41) is 0.916. The molecule has 0 fully saturated rings. The zero-order chi connectivity index (χ0) is 12.1. The summed E-state index contributed by atoms with van der Waals surface area (Å²) >= 11 is 6.77. The first-order valence-electron chi connectivity index (χ1n) is 5.14. The topological polar surface area (TPSA) is 20.3 Å². The Morgan fingerprint density at radius 2 is 2.12 bits per heavy atom. The van der Waals surface area contributed by atoms with Crippen LogP contribution in [0.3, 0.4) is 0 Å². The zero-order valence-electron chi connectivity index (χ0n) is 9.46. The van der Waals surface area contributed by atoms with Crippen LogP contribution in [0, 0.1) is 6.92 Å². The summed E-state index contributed by atoms with van der Waals surface area (Å²) in [7, 11) is 1.83. The van der Waals surface area contributed by atoms with Crippen LogP contribution in [0.2, 0.25) is 0 Å². The number of amides is 1. The van der Waals surface area contributed by atoms with E-state index in [4.69, 9.17) is 0 Å². The lowest BCUT2D eigenvalue weighted by molar-refractivity contribution is 0.0794. The fraction of sp³-hybridized carbons (Fsp3) is 0.417. The molecule has 0 unspecified atom stereocenters. The number of carbonyl (C=O) groups is 1. The lowest BCUT2D eigenvalue weighted by Gasteiger charge is -2.17. The van der Waals surface area contributed by atoms with Gasteiger partial charge in [-0.1, -0.05) is 27.6 Å². The first kappa shape index (κ1) is 13.7. The minimum absolute atomic E-state index is 0.0662. The number of hydrogen-bond acceptors (Lipinski definition) is 1. The minimum Gasteiger partial charge on any atom is -0.342 e. The summed E-state index contributed by atoms with van der Waals surface area (Å²) in [6.45, 7) is 2.76. The second-order valence-electron chi connectivity index (χ2n) is 3.75. The Bertz CT molecular complexity index is 379. The summed E-state index contributed by atoms with van der Waals surface area (Å²) in [6.07, 6.45) is 0.964. The summed E-state index contributed by atoms with van der Waals surface area (Å²) in [5.41, 5.74) is 1.83. The van der Waals surface area contributed by atoms with E-state index in [1.165, 1.54) is 0 Å². The molecule has 0 heterocycles. The van der Waals surface area contributed by atoms with Crippen LogP contribution >= 0.6 is 31.9 Å². The molecule has 88 valence electrons. The van der Waals surface area contributed by atoms with Crippen molar-refractivity contribution >= 4 is 37.8 Å². The highest BCUT2D eigenvalue weighted by molar-refractivity contribution is 9.10. The van der Waals surface area contributed by atoms with Gasteiger partial charge in [0.1, 0.15) is 0 Å². The molecule has 1 rings (SSSR count). The second kappa shape index (κ2) is 6.40. The number of benzene rings is 1. The van der Waals surface area contributed by atoms with Gasteiger partial charge < -0.3 is 4.90 Å². The molecule has 0 aliphatic carbocycles. The summed E-state index contributed by atoms with van der Waals surface area (Å²) < 4.78 is 0.855. The third-order valence-corrected chi connectivity index (χ3v) is 3.58. The second-order valence-corrected chi connectivity index (χ2v) is 5.40. The first-order valence-corrected chi connectivity index (χ1v) is 7.05. The Kier molecular flexibility index (Phi) is 5.49. The van der Waals surface area contributed by atoms with Crippen LogP contribution < -0.4 is 0 Å². The maximum atomic E-state index is 12.1. The Labute approximate surface area is 113 Å². The van der Waals surface area contributed by atoms with Gasteiger partial charge in [-0.25, -0.2) is 0 Å². The van der Waals surface area contributed by atoms with Gasteiger partial charge in [0.05, 0.1) is 5.56 Å². The number of nitrogens with zero attached hydrogens (tertiary/aromatic N) is 1. The molecule has 0 radical (unpaired) electrons. The normalized spacial score (nSPS) is 10.2. The molecule has 0 N–H and O–H groups in total. The minimum atomic E-state index is 0.0662. The van der Waals surface area contributed by atoms with E-state index in [-0.39, 0.29) is 5.91 Å². The van der Waals surface area contributed by atoms with E-state index in [9.17, 15) is 4.79 Å². The van der Waals surface area contributed by atoms with Crippen LogP contribution in [0.4, 0.5) is 0 Å². The van der Waals surface area contributed by atoms with Gasteiger partial charge in [0.25, 0.3) is 5.91 Å². The molecule has 0 bridgehead atoms. The smallest absolute Gasteiger partial charge is 0.254 e. The van der Waals surface area contributed by atoms with E-state index in [1.54, 1.807) is 4.90 Å². The van der Waals surface area contributed by atoms with Gasteiger partial charge in [0.2, 0.25) is 0 Å². The predicted octanol–water partition coefficient (Wildman–Crippen LogP) is 3.61. The fourth-order valence-electron chi connectivity index (χ4n) is 1.41. The molecule has 1 aromatic carbocycles. The van der Waals surface area contributed by atoms with Gasteiger partial charge >= 0.3 is 0 Å².